The van der Waals surface area contributed by atoms with Crippen molar-refractivity contribution in [1.82, 2.24) is 0 Å². The van der Waals surface area contributed by atoms with Gasteiger partial charge in [0, 0.05) is 0 Å². The van der Waals surface area contributed by atoms with E-state index in [0.29, 0.717) is 0 Å². The van der Waals surface area contributed by atoms with Gasteiger partial charge in [-0.15, -0.1) is 0 Å². The van der Waals surface area contributed by atoms with Crippen molar-refractivity contribution in [1.29, 1.82) is 0 Å². The van der Waals surface area contributed by atoms with Gasteiger partial charge in [-0.3, -0.25) is 0 Å². The molecular formula is C7H4F11NO2. The smallest absolute Gasteiger partial charge is 0.443 e. The molecule has 0 unspecified atom stereocenters. The molecule has 0 fully saturated rings. The average molecular weight is 343 g/mol. The van der Waals surface area contributed by atoms with Gasteiger partial charge in [0.25, 0.3) is 0 Å². The number of hydrogen-bond donors (Lipinski definition) is 1. The Labute approximate surface area is 107 Å². The molecule has 126 valence electrons. The van der Waals surface area contributed by atoms with Crippen LogP contribution in [0.1, 0.15) is 0 Å². The van der Waals surface area contributed by atoms with Crippen LogP contribution < -0.4 is 5.73 Å². The Morgan fingerprint density at radius 1 is 0.762 bits per heavy atom. The molecule has 2 N–H and O–H groups in total. The number of hydrogen-bond acceptors (Lipinski definition) is 2. The summed E-state index contributed by atoms with van der Waals surface area (Å²) in [6, 6.07) is 0. The Morgan fingerprint density at radius 3 is 1.43 bits per heavy atom. The van der Waals surface area contributed by atoms with E-state index in [2.05, 4.69) is 10.5 Å². The second kappa shape index (κ2) is 5.05. The van der Waals surface area contributed by atoms with E-state index in [9.17, 15) is 53.1 Å². The lowest BCUT2D eigenvalue weighted by Crippen LogP contribution is -2.67. The summed E-state index contributed by atoms with van der Waals surface area (Å²) in [5.74, 6) is -28.4. The van der Waals surface area contributed by atoms with Gasteiger partial charge in [0.15, 0.2) is 6.61 Å². The Balaban J connectivity index is 5.71. The number of carbonyl (C=O) groups excluding carboxylic acids is 1. The normalized spacial score (nSPS) is 15.0. The fraction of sp³-hybridized carbons (Fsp3) is 0.857. The number of carbonyl (C=O) groups is 1. The van der Waals surface area contributed by atoms with Crippen molar-refractivity contribution in [2.24, 2.45) is 5.73 Å². The van der Waals surface area contributed by atoms with Gasteiger partial charge in [-0.05, 0) is 0 Å². The van der Waals surface area contributed by atoms with E-state index >= 15 is 0 Å². The van der Waals surface area contributed by atoms with E-state index in [4.69, 9.17) is 0 Å². The lowest BCUT2D eigenvalue weighted by molar-refractivity contribution is -0.423. The molecule has 0 saturated heterocycles. The summed E-state index contributed by atoms with van der Waals surface area (Å²) in [5.41, 5.74) is 4.05. The lowest BCUT2D eigenvalue weighted by Gasteiger charge is -2.36. The number of amides is 1. The number of nitrogens with two attached hydrogens (primary N) is 1. The molecule has 0 aromatic rings. The van der Waals surface area contributed by atoms with Gasteiger partial charge >= 0.3 is 36.0 Å². The third kappa shape index (κ3) is 3.07. The van der Waals surface area contributed by atoms with Crippen LogP contribution >= 0.6 is 0 Å². The van der Waals surface area contributed by atoms with Crippen LogP contribution in [0.2, 0.25) is 0 Å². The first-order valence-electron chi connectivity index (χ1n) is 4.42. The number of alkyl halides is 11. The van der Waals surface area contributed by atoms with E-state index in [-0.39, 0.29) is 0 Å². The van der Waals surface area contributed by atoms with Gasteiger partial charge in [-0.25, -0.2) is 4.79 Å². The zero-order valence-electron chi connectivity index (χ0n) is 9.26. The minimum Gasteiger partial charge on any atom is -0.443 e. The zero-order valence-corrected chi connectivity index (χ0v) is 9.26. The Hall–Kier alpha value is -1.50. The van der Waals surface area contributed by atoms with Gasteiger partial charge in [0.05, 0.1) is 0 Å². The quantitative estimate of drug-likeness (QED) is 0.780. The summed E-state index contributed by atoms with van der Waals surface area (Å²) in [7, 11) is 0. The highest BCUT2D eigenvalue weighted by Gasteiger charge is 2.87. The molecule has 0 aliphatic heterocycles. The molecule has 0 heterocycles. The summed E-state index contributed by atoms with van der Waals surface area (Å²) in [6.07, 6.45) is -9.41. The van der Waals surface area contributed by atoms with E-state index in [1.807, 2.05) is 0 Å². The molecular weight excluding hydrogens is 339 g/mol. The molecule has 0 rings (SSSR count). The van der Waals surface area contributed by atoms with Crippen LogP contribution in [-0.2, 0) is 4.74 Å². The van der Waals surface area contributed by atoms with E-state index in [0.717, 1.165) is 0 Å². The predicted octanol–water partition coefficient (Wildman–Crippen LogP) is 3.19. The first kappa shape index (κ1) is 19.5. The van der Waals surface area contributed by atoms with Gasteiger partial charge < -0.3 is 10.5 Å². The van der Waals surface area contributed by atoms with Crippen LogP contribution in [0.4, 0.5) is 53.1 Å². The van der Waals surface area contributed by atoms with Crippen LogP contribution in [0.15, 0.2) is 0 Å². The van der Waals surface area contributed by atoms with Crippen LogP contribution in [0, 0.1) is 0 Å². The number of primary amides is 1. The largest absolute Gasteiger partial charge is 0.460 e. The molecule has 1 amide bonds. The first-order chi connectivity index (χ1) is 8.92. The second-order valence-electron chi connectivity index (χ2n) is 3.53. The molecule has 0 aliphatic rings. The van der Waals surface area contributed by atoms with Crippen molar-refractivity contribution in [3.8, 4) is 0 Å². The Morgan fingerprint density at radius 2 is 1.14 bits per heavy atom. The molecule has 0 bridgehead atoms. The Bertz CT molecular complexity index is 402. The highest BCUT2D eigenvalue weighted by Crippen LogP contribution is 2.57. The second-order valence-corrected chi connectivity index (χ2v) is 3.53. The van der Waals surface area contributed by atoms with Gasteiger partial charge in [0.1, 0.15) is 0 Å². The minimum absolute atomic E-state index is 2.17. The molecule has 0 aromatic carbocycles. The molecule has 0 atom stereocenters. The van der Waals surface area contributed by atoms with Crippen molar-refractivity contribution in [3.63, 3.8) is 0 Å². The highest BCUT2D eigenvalue weighted by molar-refractivity contribution is 5.64. The molecule has 3 nitrogen and oxygen atoms in total. The monoisotopic (exact) mass is 343 g/mol. The third-order valence-corrected chi connectivity index (χ3v) is 2.00. The molecule has 0 radical (unpaired) electrons. The van der Waals surface area contributed by atoms with Crippen LogP contribution in [-0.4, -0.2) is 42.6 Å². The van der Waals surface area contributed by atoms with Crippen molar-refractivity contribution in [2.45, 2.75) is 29.9 Å². The SMILES string of the molecule is NC(=O)OCC(F)(F)C(F)(F)C(F)(F)C(F)(F)C(F)(F)F. The molecule has 21 heavy (non-hydrogen) atoms. The molecule has 14 heteroatoms. The number of rotatable bonds is 5. The standard InChI is InChI=1S/C7H4F11NO2/c8-3(9,1-21-2(19)20)4(10,11)5(12,13)6(14,15)7(16,17)18/h1H2,(H2,19,20). The van der Waals surface area contributed by atoms with Crippen LogP contribution in [0.5, 0.6) is 0 Å². The summed E-state index contributed by atoms with van der Waals surface area (Å²) < 4.78 is 139. The average Bonchev–Trinajstić information content (AvgIpc) is 2.24. The van der Waals surface area contributed by atoms with Gasteiger partial charge in [0.2, 0.25) is 0 Å². The van der Waals surface area contributed by atoms with Gasteiger partial charge in [-0.2, -0.15) is 48.3 Å². The summed E-state index contributed by atoms with van der Waals surface area (Å²) in [5, 5.41) is 0. The van der Waals surface area contributed by atoms with Crippen molar-refractivity contribution >= 4 is 6.09 Å². The predicted molar refractivity (Wildman–Crippen MR) is 41.4 cm³/mol. The highest BCUT2D eigenvalue weighted by atomic mass is 19.4. The summed E-state index contributed by atoms with van der Waals surface area (Å²) in [6.45, 7) is -2.93. The van der Waals surface area contributed by atoms with Crippen LogP contribution in [0.25, 0.3) is 0 Å². The van der Waals surface area contributed by atoms with Gasteiger partial charge in [-0.1, -0.05) is 0 Å². The van der Waals surface area contributed by atoms with Crippen LogP contribution in [0.3, 0.4) is 0 Å². The van der Waals surface area contributed by atoms with Crippen molar-refractivity contribution < 1.29 is 57.8 Å². The topological polar surface area (TPSA) is 52.3 Å². The zero-order chi connectivity index (χ0) is 17.5. The summed E-state index contributed by atoms with van der Waals surface area (Å²) in [4.78, 5) is 9.88. The van der Waals surface area contributed by atoms with E-state index in [1.54, 1.807) is 0 Å². The lowest BCUT2D eigenvalue weighted by atomic mass is 9.98. The van der Waals surface area contributed by atoms with E-state index < -0.39 is 42.6 Å². The molecule has 0 spiro atoms. The molecule has 0 saturated carbocycles. The maximum Gasteiger partial charge on any atom is 0.460 e. The Kier molecular flexibility index (Phi) is 4.69. The molecule has 0 aliphatic carbocycles. The number of halogens is 11. The minimum atomic E-state index is -7.53. The van der Waals surface area contributed by atoms with E-state index in [1.165, 1.54) is 0 Å². The summed E-state index contributed by atoms with van der Waals surface area (Å²) >= 11 is 0. The number of ether oxygens (including phenoxy) is 1. The molecule has 0 aromatic heterocycles. The van der Waals surface area contributed by atoms with Crippen molar-refractivity contribution in [2.75, 3.05) is 6.61 Å². The maximum absolute atomic E-state index is 12.7. The maximum atomic E-state index is 12.7. The third-order valence-electron chi connectivity index (χ3n) is 2.00. The fourth-order valence-electron chi connectivity index (χ4n) is 0.857. The van der Waals surface area contributed by atoms with Crippen molar-refractivity contribution in [3.05, 3.63) is 0 Å². The fourth-order valence-corrected chi connectivity index (χ4v) is 0.857. The first-order valence-corrected chi connectivity index (χ1v) is 4.42.